The first-order valence-electron chi connectivity index (χ1n) is 5.94. The Bertz CT molecular complexity index is 672. The zero-order chi connectivity index (χ0) is 15.2. The molecule has 0 saturated carbocycles. The van der Waals surface area contributed by atoms with Crippen molar-refractivity contribution in [1.29, 1.82) is 0 Å². The number of methoxy groups -OCH3 is 1. The summed E-state index contributed by atoms with van der Waals surface area (Å²) in [6.07, 6.45) is 0.436. The lowest BCUT2D eigenvalue weighted by Gasteiger charge is -2.10. The molecular formula is C14H12N2O5. The first kappa shape index (κ1) is 14.3. The molecule has 21 heavy (non-hydrogen) atoms. The van der Waals surface area contributed by atoms with Gasteiger partial charge in [-0.1, -0.05) is 12.1 Å². The van der Waals surface area contributed by atoms with Crippen LogP contribution in [-0.4, -0.2) is 18.4 Å². The van der Waals surface area contributed by atoms with Gasteiger partial charge in [0.25, 0.3) is 5.69 Å². The second kappa shape index (κ2) is 6.38. The minimum atomic E-state index is -0.564. The van der Waals surface area contributed by atoms with Gasteiger partial charge >= 0.3 is 0 Å². The van der Waals surface area contributed by atoms with Crippen LogP contribution in [0.4, 0.5) is 11.4 Å². The molecule has 7 heteroatoms. The van der Waals surface area contributed by atoms with Gasteiger partial charge in [-0.15, -0.1) is 0 Å². The lowest BCUT2D eigenvalue weighted by Crippen LogP contribution is -1.97. The topological polar surface area (TPSA) is 90.7 Å². The number of para-hydroxylation sites is 2. The van der Waals surface area contributed by atoms with Crippen molar-refractivity contribution in [2.45, 2.75) is 0 Å². The molecule has 7 nitrogen and oxygen atoms in total. The van der Waals surface area contributed by atoms with Gasteiger partial charge in [-0.05, 0) is 12.1 Å². The summed E-state index contributed by atoms with van der Waals surface area (Å²) in [5.41, 5.74) is 0.0795. The molecule has 0 aliphatic rings. The number of hydrogen-bond acceptors (Lipinski definition) is 5. The second-order valence-corrected chi connectivity index (χ2v) is 3.99. The first-order chi connectivity index (χ1) is 10.1. The molecule has 0 aliphatic heterocycles. The molecule has 0 atom stereocenters. The van der Waals surface area contributed by atoms with Crippen LogP contribution in [-0.2, 0) is 4.79 Å². The first-order valence-corrected chi connectivity index (χ1v) is 5.94. The third-order valence-corrected chi connectivity index (χ3v) is 2.62. The van der Waals surface area contributed by atoms with E-state index in [1.807, 2.05) is 0 Å². The molecule has 1 N–H and O–H groups in total. The predicted molar refractivity (Wildman–Crippen MR) is 75.9 cm³/mol. The van der Waals surface area contributed by atoms with Crippen molar-refractivity contribution in [2.75, 3.05) is 12.4 Å². The highest BCUT2D eigenvalue weighted by molar-refractivity contribution is 5.73. The summed E-state index contributed by atoms with van der Waals surface area (Å²) in [4.78, 5) is 20.8. The molecular weight excluding hydrogens is 276 g/mol. The van der Waals surface area contributed by atoms with E-state index in [4.69, 9.17) is 9.47 Å². The fraction of sp³-hybridized carbons (Fsp3) is 0.0714. The van der Waals surface area contributed by atoms with Crippen LogP contribution in [0, 0.1) is 10.1 Å². The van der Waals surface area contributed by atoms with Crippen LogP contribution in [0.15, 0.2) is 42.5 Å². The van der Waals surface area contributed by atoms with Crippen molar-refractivity contribution in [3.05, 3.63) is 52.6 Å². The molecule has 2 aromatic rings. The third kappa shape index (κ3) is 3.47. The van der Waals surface area contributed by atoms with Crippen molar-refractivity contribution < 1.29 is 19.2 Å². The molecule has 108 valence electrons. The SMILES string of the molecule is COc1ccccc1Oc1cc(NC=O)cc([N+](=O)[O-])c1. The molecule has 0 unspecified atom stereocenters. The Kier molecular flexibility index (Phi) is 4.35. The van der Waals surface area contributed by atoms with Crippen LogP contribution in [0.25, 0.3) is 0 Å². The van der Waals surface area contributed by atoms with Gasteiger partial charge in [0.05, 0.1) is 23.8 Å². The molecule has 0 bridgehead atoms. The average molecular weight is 288 g/mol. The van der Waals surface area contributed by atoms with E-state index in [-0.39, 0.29) is 17.1 Å². The number of nitro benzene ring substituents is 1. The monoisotopic (exact) mass is 288 g/mol. The molecule has 0 spiro atoms. The standard InChI is InChI=1S/C14H12N2O5/c1-20-13-4-2-3-5-14(13)21-12-7-10(15-9-17)6-11(8-12)16(18)19/h2-9H,1H3,(H,15,17). The van der Waals surface area contributed by atoms with E-state index in [2.05, 4.69) is 5.32 Å². The Morgan fingerprint density at radius 1 is 1.19 bits per heavy atom. The molecule has 2 aromatic carbocycles. The van der Waals surface area contributed by atoms with Gasteiger partial charge in [-0.25, -0.2) is 0 Å². The number of rotatable bonds is 6. The van der Waals surface area contributed by atoms with E-state index < -0.39 is 4.92 Å². The van der Waals surface area contributed by atoms with E-state index in [0.29, 0.717) is 17.9 Å². The largest absolute Gasteiger partial charge is 0.493 e. The second-order valence-electron chi connectivity index (χ2n) is 3.99. The number of carbonyl (C=O) groups is 1. The Balaban J connectivity index is 2.38. The Morgan fingerprint density at radius 3 is 2.52 bits per heavy atom. The molecule has 0 aliphatic carbocycles. The number of non-ortho nitro benzene ring substituents is 1. The fourth-order valence-corrected chi connectivity index (χ4v) is 1.73. The van der Waals surface area contributed by atoms with Crippen LogP contribution in [0.1, 0.15) is 0 Å². The number of nitrogens with one attached hydrogen (secondary N) is 1. The van der Waals surface area contributed by atoms with Gasteiger partial charge < -0.3 is 14.8 Å². The molecule has 0 radical (unpaired) electrons. The Labute approximate surface area is 120 Å². The van der Waals surface area contributed by atoms with E-state index in [1.54, 1.807) is 24.3 Å². The summed E-state index contributed by atoms with van der Waals surface area (Å²) in [5.74, 6) is 1.13. The van der Waals surface area contributed by atoms with Gasteiger partial charge in [0.1, 0.15) is 5.75 Å². The number of carbonyl (C=O) groups excluding carboxylic acids is 1. The van der Waals surface area contributed by atoms with Gasteiger partial charge in [-0.2, -0.15) is 0 Å². The lowest BCUT2D eigenvalue weighted by atomic mass is 10.2. The van der Waals surface area contributed by atoms with Crippen molar-refractivity contribution in [3.63, 3.8) is 0 Å². The third-order valence-electron chi connectivity index (χ3n) is 2.62. The van der Waals surface area contributed by atoms with Crippen LogP contribution in [0.5, 0.6) is 17.2 Å². The average Bonchev–Trinajstić information content (AvgIpc) is 2.48. The predicted octanol–water partition coefficient (Wildman–Crippen LogP) is 2.96. The number of ether oxygens (including phenoxy) is 2. The van der Waals surface area contributed by atoms with Gasteiger partial charge in [-0.3, -0.25) is 14.9 Å². The molecule has 1 amide bonds. The molecule has 0 saturated heterocycles. The van der Waals surface area contributed by atoms with Crippen molar-refractivity contribution in [3.8, 4) is 17.2 Å². The summed E-state index contributed by atoms with van der Waals surface area (Å²) in [7, 11) is 1.50. The van der Waals surface area contributed by atoms with Gasteiger partial charge in [0, 0.05) is 12.1 Å². The van der Waals surface area contributed by atoms with Crippen molar-refractivity contribution >= 4 is 17.8 Å². The molecule has 0 aromatic heterocycles. The highest BCUT2D eigenvalue weighted by atomic mass is 16.6. The summed E-state index contributed by atoms with van der Waals surface area (Å²) < 4.78 is 10.7. The maximum Gasteiger partial charge on any atom is 0.275 e. The highest BCUT2D eigenvalue weighted by Gasteiger charge is 2.12. The smallest absolute Gasteiger partial charge is 0.275 e. The minimum Gasteiger partial charge on any atom is -0.493 e. The normalized spacial score (nSPS) is 9.76. The number of anilines is 1. The quantitative estimate of drug-likeness (QED) is 0.501. The van der Waals surface area contributed by atoms with Gasteiger partial charge in [0.15, 0.2) is 11.5 Å². The van der Waals surface area contributed by atoms with Crippen LogP contribution >= 0.6 is 0 Å². The number of benzene rings is 2. The maximum absolute atomic E-state index is 10.9. The summed E-state index contributed by atoms with van der Waals surface area (Å²) in [6.45, 7) is 0. The maximum atomic E-state index is 10.9. The molecule has 0 fully saturated rings. The van der Waals surface area contributed by atoms with Crippen LogP contribution in [0.3, 0.4) is 0 Å². The van der Waals surface area contributed by atoms with Gasteiger partial charge in [0.2, 0.25) is 6.41 Å². The van der Waals surface area contributed by atoms with Crippen LogP contribution in [0.2, 0.25) is 0 Å². The van der Waals surface area contributed by atoms with E-state index >= 15 is 0 Å². The zero-order valence-electron chi connectivity index (χ0n) is 11.1. The summed E-state index contributed by atoms with van der Waals surface area (Å²) in [5, 5.41) is 13.3. The Morgan fingerprint density at radius 2 is 1.90 bits per heavy atom. The van der Waals surface area contributed by atoms with E-state index in [9.17, 15) is 14.9 Å². The number of nitrogens with zero attached hydrogens (tertiary/aromatic N) is 1. The van der Waals surface area contributed by atoms with E-state index in [1.165, 1.54) is 25.3 Å². The highest BCUT2D eigenvalue weighted by Crippen LogP contribution is 2.34. The molecule has 2 rings (SSSR count). The van der Waals surface area contributed by atoms with Crippen molar-refractivity contribution in [2.24, 2.45) is 0 Å². The number of hydrogen-bond donors (Lipinski definition) is 1. The fourth-order valence-electron chi connectivity index (χ4n) is 1.73. The summed E-state index contributed by atoms with van der Waals surface area (Å²) in [6, 6.07) is 10.9. The Hall–Kier alpha value is -3.09. The lowest BCUT2D eigenvalue weighted by molar-refractivity contribution is -0.384. The van der Waals surface area contributed by atoms with Crippen LogP contribution < -0.4 is 14.8 Å². The zero-order valence-corrected chi connectivity index (χ0v) is 11.1. The summed E-state index contributed by atoms with van der Waals surface area (Å²) >= 11 is 0. The minimum absolute atomic E-state index is 0.188. The van der Waals surface area contributed by atoms with E-state index in [0.717, 1.165) is 0 Å². The number of nitro groups is 1. The van der Waals surface area contributed by atoms with Crippen molar-refractivity contribution in [1.82, 2.24) is 0 Å². The number of amides is 1. The molecule has 0 heterocycles.